The third-order valence-electron chi connectivity index (χ3n) is 4.31. The summed E-state index contributed by atoms with van der Waals surface area (Å²) in [4.78, 5) is 14.7. The van der Waals surface area contributed by atoms with E-state index in [1.807, 2.05) is 31.2 Å². The minimum Gasteiger partial charge on any atom is -0.379 e. The highest BCUT2D eigenvalue weighted by atomic mass is 16.5. The molecule has 1 aromatic heterocycles. The summed E-state index contributed by atoms with van der Waals surface area (Å²) in [6.07, 6.45) is 2.76. The minimum atomic E-state index is -0.307. The zero-order valence-corrected chi connectivity index (χ0v) is 13.6. The molecule has 1 atom stereocenters. The van der Waals surface area contributed by atoms with E-state index in [1.165, 1.54) is 0 Å². The number of amides is 1. The molecule has 6 nitrogen and oxygen atoms in total. The van der Waals surface area contributed by atoms with Crippen LogP contribution in [-0.4, -0.2) is 60.0 Å². The summed E-state index contributed by atoms with van der Waals surface area (Å²) in [5, 5.41) is 8.42. The van der Waals surface area contributed by atoms with Crippen LogP contribution in [0.5, 0.6) is 0 Å². The van der Waals surface area contributed by atoms with Gasteiger partial charge >= 0.3 is 0 Å². The summed E-state index contributed by atoms with van der Waals surface area (Å²) in [6.45, 7) is 7.19. The lowest BCUT2D eigenvalue weighted by Crippen LogP contribution is -2.38. The highest BCUT2D eigenvalue weighted by molar-refractivity contribution is 5.84. The third kappa shape index (κ3) is 3.89. The van der Waals surface area contributed by atoms with Gasteiger partial charge in [0.2, 0.25) is 5.91 Å². The van der Waals surface area contributed by atoms with Crippen LogP contribution in [0.2, 0.25) is 0 Å². The zero-order chi connectivity index (χ0) is 16.1. The Morgan fingerprint density at radius 3 is 2.96 bits per heavy atom. The van der Waals surface area contributed by atoms with E-state index in [2.05, 4.69) is 15.3 Å². The summed E-state index contributed by atoms with van der Waals surface area (Å²) in [6, 6.07) is 7.63. The molecule has 2 heterocycles. The number of para-hydroxylation sites is 1. The monoisotopic (exact) mass is 316 g/mol. The highest BCUT2D eigenvalue weighted by Gasteiger charge is 2.17. The van der Waals surface area contributed by atoms with Crippen LogP contribution in [0.3, 0.4) is 0 Å². The van der Waals surface area contributed by atoms with E-state index < -0.39 is 0 Å². The summed E-state index contributed by atoms with van der Waals surface area (Å²) in [7, 11) is 0. The second-order valence-corrected chi connectivity index (χ2v) is 5.92. The molecule has 1 fully saturated rings. The van der Waals surface area contributed by atoms with Crippen LogP contribution in [0.15, 0.2) is 30.5 Å². The van der Waals surface area contributed by atoms with Crippen molar-refractivity contribution < 1.29 is 9.53 Å². The number of nitrogens with one attached hydrogen (secondary N) is 1. The van der Waals surface area contributed by atoms with Crippen LogP contribution < -0.4 is 5.32 Å². The number of benzene rings is 1. The average molecular weight is 316 g/mol. The van der Waals surface area contributed by atoms with Crippen molar-refractivity contribution in [3.05, 3.63) is 30.5 Å². The first-order chi connectivity index (χ1) is 11.3. The van der Waals surface area contributed by atoms with Gasteiger partial charge in [-0.1, -0.05) is 18.2 Å². The van der Waals surface area contributed by atoms with Gasteiger partial charge in [0.25, 0.3) is 0 Å². The van der Waals surface area contributed by atoms with Crippen molar-refractivity contribution in [3.63, 3.8) is 0 Å². The normalized spacial score (nSPS) is 17.3. The summed E-state index contributed by atoms with van der Waals surface area (Å²) < 4.78 is 7.12. The third-order valence-corrected chi connectivity index (χ3v) is 4.31. The number of fused-ring (bicyclic) bond motifs is 1. The molecule has 1 aliphatic heterocycles. The molecule has 1 unspecified atom stereocenters. The summed E-state index contributed by atoms with van der Waals surface area (Å²) in [5.41, 5.74) is 0.989. The van der Waals surface area contributed by atoms with Gasteiger partial charge in [-0.15, -0.1) is 0 Å². The molecule has 0 aliphatic carbocycles. The van der Waals surface area contributed by atoms with Crippen molar-refractivity contribution in [3.8, 4) is 0 Å². The van der Waals surface area contributed by atoms with Crippen molar-refractivity contribution in [2.24, 2.45) is 0 Å². The minimum absolute atomic E-state index is 0.0147. The quantitative estimate of drug-likeness (QED) is 0.819. The summed E-state index contributed by atoms with van der Waals surface area (Å²) in [5.74, 6) is 0.0147. The Kier molecular flexibility index (Phi) is 5.25. The predicted molar refractivity (Wildman–Crippen MR) is 89.3 cm³/mol. The second-order valence-electron chi connectivity index (χ2n) is 5.92. The molecule has 1 aromatic carbocycles. The lowest BCUT2D eigenvalue weighted by molar-refractivity contribution is -0.124. The number of carbonyl (C=O) groups is 1. The maximum atomic E-state index is 12.3. The average Bonchev–Trinajstić information content (AvgIpc) is 3.03. The van der Waals surface area contributed by atoms with Crippen LogP contribution in [0, 0.1) is 0 Å². The Balaban J connectivity index is 1.48. The van der Waals surface area contributed by atoms with Gasteiger partial charge in [0.1, 0.15) is 6.04 Å². The van der Waals surface area contributed by atoms with Crippen molar-refractivity contribution in [2.75, 3.05) is 39.4 Å². The number of hydrogen-bond acceptors (Lipinski definition) is 4. The smallest absolute Gasteiger partial charge is 0.244 e. The molecular formula is C17H24N4O2. The standard InChI is InChI=1S/C17H24N4O2/c1-14(21-16-6-3-2-5-15(16)13-19-21)17(22)18-7-4-8-20-9-11-23-12-10-20/h2-3,5-6,13-14H,4,7-12H2,1H3,(H,18,22). The Morgan fingerprint density at radius 2 is 2.13 bits per heavy atom. The topological polar surface area (TPSA) is 59.4 Å². The van der Waals surface area contributed by atoms with E-state index in [0.717, 1.165) is 50.2 Å². The van der Waals surface area contributed by atoms with Crippen LogP contribution in [0.1, 0.15) is 19.4 Å². The molecule has 124 valence electrons. The van der Waals surface area contributed by atoms with Gasteiger partial charge in [-0.2, -0.15) is 5.10 Å². The van der Waals surface area contributed by atoms with Crippen molar-refractivity contribution in [1.82, 2.24) is 20.0 Å². The fraction of sp³-hybridized carbons (Fsp3) is 0.529. The van der Waals surface area contributed by atoms with Crippen molar-refractivity contribution in [1.29, 1.82) is 0 Å². The largest absolute Gasteiger partial charge is 0.379 e. The molecule has 1 aliphatic rings. The number of nitrogens with zero attached hydrogens (tertiary/aromatic N) is 3. The number of aromatic nitrogens is 2. The first kappa shape index (κ1) is 16.0. The van der Waals surface area contributed by atoms with Crippen molar-refractivity contribution in [2.45, 2.75) is 19.4 Å². The molecule has 23 heavy (non-hydrogen) atoms. The number of morpholine rings is 1. The molecule has 2 aromatic rings. The zero-order valence-electron chi connectivity index (χ0n) is 13.6. The van der Waals surface area contributed by atoms with Gasteiger partial charge in [0.15, 0.2) is 0 Å². The van der Waals surface area contributed by atoms with Gasteiger partial charge < -0.3 is 10.1 Å². The van der Waals surface area contributed by atoms with Crippen LogP contribution in [0.4, 0.5) is 0 Å². The Labute approximate surface area is 136 Å². The number of rotatable bonds is 6. The van der Waals surface area contributed by atoms with Crippen molar-refractivity contribution >= 4 is 16.8 Å². The van der Waals surface area contributed by atoms with Gasteiger partial charge in [-0.05, 0) is 26.0 Å². The first-order valence-electron chi connectivity index (χ1n) is 8.26. The molecule has 1 amide bonds. The lowest BCUT2D eigenvalue weighted by Gasteiger charge is -2.26. The van der Waals surface area contributed by atoms with E-state index in [-0.39, 0.29) is 11.9 Å². The molecule has 3 rings (SSSR count). The Hall–Kier alpha value is -1.92. The Morgan fingerprint density at radius 1 is 1.35 bits per heavy atom. The molecule has 1 saturated heterocycles. The van der Waals surface area contributed by atoms with E-state index >= 15 is 0 Å². The van der Waals surface area contributed by atoms with Gasteiger partial charge in [0.05, 0.1) is 24.9 Å². The molecule has 0 bridgehead atoms. The van der Waals surface area contributed by atoms with E-state index in [0.29, 0.717) is 6.54 Å². The van der Waals surface area contributed by atoms with Gasteiger partial charge in [0, 0.05) is 25.0 Å². The molecule has 6 heteroatoms. The molecular weight excluding hydrogens is 292 g/mol. The maximum absolute atomic E-state index is 12.3. The van der Waals surface area contributed by atoms with E-state index in [9.17, 15) is 4.79 Å². The maximum Gasteiger partial charge on any atom is 0.244 e. The van der Waals surface area contributed by atoms with E-state index in [1.54, 1.807) is 10.9 Å². The molecule has 0 spiro atoms. The highest BCUT2D eigenvalue weighted by Crippen LogP contribution is 2.17. The predicted octanol–water partition coefficient (Wildman–Crippen LogP) is 1.44. The lowest BCUT2D eigenvalue weighted by atomic mass is 10.2. The van der Waals surface area contributed by atoms with Crippen LogP contribution >= 0.6 is 0 Å². The molecule has 1 N–H and O–H groups in total. The van der Waals surface area contributed by atoms with Crippen LogP contribution in [0.25, 0.3) is 10.9 Å². The Bertz CT molecular complexity index is 649. The number of ether oxygens (including phenoxy) is 1. The fourth-order valence-electron chi connectivity index (χ4n) is 2.90. The van der Waals surface area contributed by atoms with E-state index in [4.69, 9.17) is 4.74 Å². The van der Waals surface area contributed by atoms with Gasteiger partial charge in [-0.25, -0.2) is 0 Å². The molecule has 0 saturated carbocycles. The molecule has 0 radical (unpaired) electrons. The van der Waals surface area contributed by atoms with Crippen LogP contribution in [-0.2, 0) is 9.53 Å². The second kappa shape index (κ2) is 7.57. The summed E-state index contributed by atoms with van der Waals surface area (Å²) >= 11 is 0. The fourth-order valence-corrected chi connectivity index (χ4v) is 2.90. The number of hydrogen-bond donors (Lipinski definition) is 1. The first-order valence-corrected chi connectivity index (χ1v) is 8.26. The number of carbonyl (C=O) groups excluding carboxylic acids is 1. The van der Waals surface area contributed by atoms with Gasteiger partial charge in [-0.3, -0.25) is 14.4 Å². The SMILES string of the molecule is CC(C(=O)NCCCN1CCOCC1)n1ncc2ccccc21.